The van der Waals surface area contributed by atoms with Gasteiger partial charge in [0.1, 0.15) is 0 Å². The number of nitrogens with zero attached hydrogens (tertiary/aromatic N) is 4. The highest BCUT2D eigenvalue weighted by atomic mass is 35.5. The first-order chi connectivity index (χ1) is 10.8. The van der Waals surface area contributed by atoms with E-state index in [-0.39, 0.29) is 18.3 Å². The molecule has 7 heteroatoms. The molecule has 128 valence electrons. The maximum atomic E-state index is 12.8. The average Bonchev–Trinajstić information content (AvgIpc) is 3.48. The summed E-state index contributed by atoms with van der Waals surface area (Å²) in [5.74, 6) is 1.53. The zero-order valence-corrected chi connectivity index (χ0v) is 14.3. The summed E-state index contributed by atoms with van der Waals surface area (Å²) < 4.78 is 1.90. The van der Waals surface area contributed by atoms with Gasteiger partial charge in [-0.2, -0.15) is 0 Å². The van der Waals surface area contributed by atoms with E-state index in [0.29, 0.717) is 11.7 Å². The fourth-order valence-electron chi connectivity index (χ4n) is 3.25. The molecule has 23 heavy (non-hydrogen) atoms. The molecule has 4 rings (SSSR count). The summed E-state index contributed by atoms with van der Waals surface area (Å²) in [5, 5.41) is 11.7. The summed E-state index contributed by atoms with van der Waals surface area (Å²) in [6.45, 7) is 3.86. The van der Waals surface area contributed by atoms with Gasteiger partial charge in [-0.3, -0.25) is 4.79 Å². The Hall–Kier alpha value is -1.14. The van der Waals surface area contributed by atoms with E-state index < -0.39 is 0 Å². The van der Waals surface area contributed by atoms with Gasteiger partial charge in [-0.1, -0.05) is 5.21 Å². The van der Waals surface area contributed by atoms with Crippen molar-refractivity contribution in [3.63, 3.8) is 0 Å². The SMILES string of the molecule is Cl.O=C(c1cn(C2CCNCC2)nn1)N(CC1CC1)CC1CC1. The summed E-state index contributed by atoms with van der Waals surface area (Å²) >= 11 is 0. The van der Waals surface area contributed by atoms with Crippen molar-refractivity contribution in [2.24, 2.45) is 11.8 Å². The Morgan fingerprint density at radius 1 is 1.13 bits per heavy atom. The molecule has 1 N–H and O–H groups in total. The zero-order valence-electron chi connectivity index (χ0n) is 13.5. The van der Waals surface area contributed by atoms with E-state index in [4.69, 9.17) is 0 Å². The summed E-state index contributed by atoms with van der Waals surface area (Å²) in [6, 6.07) is 0.385. The van der Waals surface area contributed by atoms with E-state index in [0.717, 1.165) is 50.9 Å². The third-order valence-corrected chi connectivity index (χ3v) is 5.05. The quantitative estimate of drug-likeness (QED) is 0.859. The summed E-state index contributed by atoms with van der Waals surface area (Å²) in [5.41, 5.74) is 0.528. The lowest BCUT2D eigenvalue weighted by Gasteiger charge is -2.22. The van der Waals surface area contributed by atoms with Crippen LogP contribution in [0.15, 0.2) is 6.20 Å². The number of nitrogens with one attached hydrogen (secondary N) is 1. The number of aromatic nitrogens is 3. The van der Waals surface area contributed by atoms with E-state index >= 15 is 0 Å². The van der Waals surface area contributed by atoms with Crippen LogP contribution in [0.3, 0.4) is 0 Å². The van der Waals surface area contributed by atoms with Gasteiger partial charge in [-0.25, -0.2) is 4.68 Å². The lowest BCUT2D eigenvalue weighted by Crippen LogP contribution is -2.35. The van der Waals surface area contributed by atoms with E-state index in [9.17, 15) is 4.79 Å². The van der Waals surface area contributed by atoms with E-state index in [1.165, 1.54) is 25.7 Å². The molecule has 1 saturated heterocycles. The highest BCUT2D eigenvalue weighted by Crippen LogP contribution is 2.34. The van der Waals surface area contributed by atoms with Crippen molar-refractivity contribution in [2.45, 2.75) is 44.6 Å². The maximum Gasteiger partial charge on any atom is 0.276 e. The van der Waals surface area contributed by atoms with Crippen LogP contribution >= 0.6 is 12.4 Å². The molecular weight excluding hydrogens is 314 g/mol. The lowest BCUT2D eigenvalue weighted by molar-refractivity contribution is 0.0733. The highest BCUT2D eigenvalue weighted by Gasteiger charge is 2.33. The van der Waals surface area contributed by atoms with Crippen LogP contribution in [-0.2, 0) is 0 Å². The molecule has 3 aliphatic rings. The van der Waals surface area contributed by atoms with Crippen LogP contribution < -0.4 is 5.32 Å². The summed E-state index contributed by atoms with van der Waals surface area (Å²) in [6.07, 6.45) is 9.08. The van der Waals surface area contributed by atoms with Gasteiger partial charge in [0.05, 0.1) is 12.2 Å². The second kappa shape index (κ2) is 7.18. The molecular formula is C16H26ClN5O. The monoisotopic (exact) mass is 339 g/mol. The molecule has 1 amide bonds. The Bertz CT molecular complexity index is 520. The number of halogens is 1. The molecule has 1 aromatic heterocycles. The van der Waals surface area contributed by atoms with Crippen LogP contribution in [0.1, 0.15) is 55.1 Å². The van der Waals surface area contributed by atoms with Gasteiger partial charge in [0.15, 0.2) is 5.69 Å². The van der Waals surface area contributed by atoms with E-state index in [2.05, 4.69) is 15.6 Å². The van der Waals surface area contributed by atoms with Crippen molar-refractivity contribution in [2.75, 3.05) is 26.2 Å². The van der Waals surface area contributed by atoms with Crippen LogP contribution in [0.2, 0.25) is 0 Å². The Kier molecular flexibility index (Phi) is 5.21. The molecule has 0 spiro atoms. The van der Waals surface area contributed by atoms with Crippen molar-refractivity contribution in [3.8, 4) is 0 Å². The normalized spacial score (nSPS) is 21.7. The predicted octanol–water partition coefficient (Wildman–Crippen LogP) is 1.89. The second-order valence-corrected chi connectivity index (χ2v) is 7.16. The molecule has 1 aromatic rings. The molecule has 2 heterocycles. The van der Waals surface area contributed by atoms with Gasteiger partial charge in [-0.05, 0) is 63.5 Å². The molecule has 0 bridgehead atoms. The number of amides is 1. The minimum Gasteiger partial charge on any atom is -0.337 e. The van der Waals surface area contributed by atoms with Crippen molar-refractivity contribution >= 4 is 18.3 Å². The topological polar surface area (TPSA) is 63.1 Å². The fourth-order valence-corrected chi connectivity index (χ4v) is 3.25. The highest BCUT2D eigenvalue weighted by molar-refractivity contribution is 5.92. The molecule has 2 saturated carbocycles. The average molecular weight is 340 g/mol. The molecule has 0 aromatic carbocycles. The number of carbonyl (C=O) groups excluding carboxylic acids is 1. The predicted molar refractivity (Wildman–Crippen MR) is 89.8 cm³/mol. The van der Waals surface area contributed by atoms with Crippen LogP contribution in [0.25, 0.3) is 0 Å². The number of rotatable bonds is 6. The first kappa shape index (κ1) is 16.7. The van der Waals surface area contributed by atoms with Crippen LogP contribution in [-0.4, -0.2) is 52.0 Å². The van der Waals surface area contributed by atoms with Gasteiger partial charge in [0.25, 0.3) is 5.91 Å². The smallest absolute Gasteiger partial charge is 0.276 e. The molecule has 0 radical (unpaired) electrons. The minimum atomic E-state index is 0. The molecule has 2 aliphatic carbocycles. The molecule has 6 nitrogen and oxygen atoms in total. The van der Waals surface area contributed by atoms with E-state index in [1.54, 1.807) is 0 Å². The minimum absolute atomic E-state index is 0. The Labute approximate surface area is 143 Å². The largest absolute Gasteiger partial charge is 0.337 e. The first-order valence-electron chi connectivity index (χ1n) is 8.71. The number of hydrogen-bond donors (Lipinski definition) is 1. The fraction of sp³-hybridized carbons (Fsp3) is 0.812. The molecule has 0 unspecified atom stereocenters. The summed E-state index contributed by atoms with van der Waals surface area (Å²) in [4.78, 5) is 14.8. The van der Waals surface area contributed by atoms with Crippen molar-refractivity contribution in [1.82, 2.24) is 25.2 Å². The van der Waals surface area contributed by atoms with Gasteiger partial charge in [0.2, 0.25) is 0 Å². The summed E-state index contributed by atoms with van der Waals surface area (Å²) in [7, 11) is 0. The number of carbonyl (C=O) groups is 1. The van der Waals surface area contributed by atoms with Gasteiger partial charge in [-0.15, -0.1) is 17.5 Å². The van der Waals surface area contributed by atoms with Gasteiger partial charge >= 0.3 is 0 Å². The third kappa shape index (κ3) is 4.23. The molecule has 3 fully saturated rings. The van der Waals surface area contributed by atoms with Gasteiger partial charge in [0, 0.05) is 13.1 Å². The number of piperidine rings is 1. The lowest BCUT2D eigenvalue weighted by atomic mass is 10.1. The zero-order chi connectivity index (χ0) is 14.9. The van der Waals surface area contributed by atoms with Crippen molar-refractivity contribution in [3.05, 3.63) is 11.9 Å². The van der Waals surface area contributed by atoms with Crippen LogP contribution in [0, 0.1) is 11.8 Å². The van der Waals surface area contributed by atoms with Gasteiger partial charge < -0.3 is 10.2 Å². The van der Waals surface area contributed by atoms with E-state index in [1.807, 2.05) is 15.8 Å². The Morgan fingerprint density at radius 2 is 1.74 bits per heavy atom. The third-order valence-electron chi connectivity index (χ3n) is 5.05. The Balaban J connectivity index is 0.00000156. The second-order valence-electron chi connectivity index (χ2n) is 7.16. The van der Waals surface area contributed by atoms with Crippen LogP contribution in [0.4, 0.5) is 0 Å². The van der Waals surface area contributed by atoms with Crippen LogP contribution in [0.5, 0.6) is 0 Å². The number of hydrogen-bond acceptors (Lipinski definition) is 4. The Morgan fingerprint density at radius 3 is 2.30 bits per heavy atom. The maximum absolute atomic E-state index is 12.8. The first-order valence-corrected chi connectivity index (χ1v) is 8.71. The van der Waals surface area contributed by atoms with Crippen molar-refractivity contribution in [1.29, 1.82) is 0 Å². The van der Waals surface area contributed by atoms with Crippen molar-refractivity contribution < 1.29 is 4.79 Å². The molecule has 0 atom stereocenters. The standard InChI is InChI=1S/C16H25N5O.ClH/c22-16(20(9-12-1-2-12)10-13-3-4-13)15-11-21(19-18-15)14-5-7-17-8-6-14;/h11-14,17H,1-10H2;1H. The molecule has 1 aliphatic heterocycles.